The third-order valence-corrected chi connectivity index (χ3v) is 6.12. The van der Waals surface area contributed by atoms with Gasteiger partial charge in [-0.05, 0) is 48.7 Å². The number of methoxy groups -OCH3 is 2. The first kappa shape index (κ1) is 24.0. The Morgan fingerprint density at radius 1 is 0.971 bits per heavy atom. The fourth-order valence-corrected chi connectivity index (χ4v) is 4.29. The second kappa shape index (κ2) is 10.0. The number of hydrogen-bond donors (Lipinski definition) is 1. The van der Waals surface area contributed by atoms with E-state index in [2.05, 4.69) is 0 Å². The topological polar surface area (TPSA) is 76.1 Å². The maximum absolute atomic E-state index is 14.2. The SMILES string of the molecule is COc1ccc(CCN2C(=O)C(=O)C(=C(O)c3ccc(C)cc3)[C@H]2c2cccc(F)c2)cc1OC. The van der Waals surface area contributed by atoms with Gasteiger partial charge in [0.25, 0.3) is 11.7 Å². The van der Waals surface area contributed by atoms with Crippen molar-refractivity contribution in [3.63, 3.8) is 0 Å². The summed E-state index contributed by atoms with van der Waals surface area (Å²) in [6.45, 7) is 2.08. The van der Waals surface area contributed by atoms with Crippen molar-refractivity contribution in [3.8, 4) is 11.5 Å². The molecule has 3 aromatic rings. The molecule has 4 rings (SSSR count). The Morgan fingerprint density at radius 3 is 2.34 bits per heavy atom. The van der Waals surface area contributed by atoms with Crippen LogP contribution in [0.15, 0.2) is 72.3 Å². The molecule has 1 amide bonds. The lowest BCUT2D eigenvalue weighted by Gasteiger charge is -2.25. The summed E-state index contributed by atoms with van der Waals surface area (Å²) in [6.07, 6.45) is 0.407. The smallest absolute Gasteiger partial charge is 0.295 e. The molecule has 1 fully saturated rings. The Morgan fingerprint density at radius 2 is 1.69 bits per heavy atom. The average Bonchev–Trinajstić information content (AvgIpc) is 3.12. The molecule has 0 aromatic heterocycles. The quantitative estimate of drug-likeness (QED) is 0.301. The van der Waals surface area contributed by atoms with Crippen LogP contribution in [0.4, 0.5) is 4.39 Å². The van der Waals surface area contributed by atoms with E-state index >= 15 is 0 Å². The van der Waals surface area contributed by atoms with Crippen LogP contribution in [0.25, 0.3) is 5.76 Å². The van der Waals surface area contributed by atoms with E-state index in [9.17, 15) is 19.1 Å². The largest absolute Gasteiger partial charge is 0.507 e. The van der Waals surface area contributed by atoms with Crippen LogP contribution in [0.3, 0.4) is 0 Å². The number of amides is 1. The lowest BCUT2D eigenvalue weighted by atomic mass is 9.95. The van der Waals surface area contributed by atoms with Crippen LogP contribution in [0.2, 0.25) is 0 Å². The Labute approximate surface area is 203 Å². The summed E-state index contributed by atoms with van der Waals surface area (Å²) >= 11 is 0. The first-order valence-corrected chi connectivity index (χ1v) is 11.2. The summed E-state index contributed by atoms with van der Waals surface area (Å²) in [5.74, 6) is -1.20. The third kappa shape index (κ3) is 4.75. The summed E-state index contributed by atoms with van der Waals surface area (Å²) in [5.41, 5.74) is 2.61. The van der Waals surface area contributed by atoms with Crippen LogP contribution in [-0.4, -0.2) is 42.5 Å². The second-order valence-electron chi connectivity index (χ2n) is 8.35. The van der Waals surface area contributed by atoms with Crippen molar-refractivity contribution in [3.05, 3.63) is 100 Å². The number of ether oxygens (including phenoxy) is 2. The van der Waals surface area contributed by atoms with E-state index in [-0.39, 0.29) is 17.9 Å². The van der Waals surface area contributed by atoms with E-state index < -0.39 is 23.5 Å². The fourth-order valence-electron chi connectivity index (χ4n) is 4.29. The van der Waals surface area contributed by atoms with Gasteiger partial charge in [-0.2, -0.15) is 0 Å². The van der Waals surface area contributed by atoms with E-state index in [0.29, 0.717) is 29.0 Å². The van der Waals surface area contributed by atoms with Gasteiger partial charge in [0.1, 0.15) is 11.6 Å². The zero-order chi connectivity index (χ0) is 25.1. The van der Waals surface area contributed by atoms with Crippen molar-refractivity contribution >= 4 is 17.4 Å². The molecule has 0 spiro atoms. The number of rotatable bonds is 7. The molecule has 1 aliphatic heterocycles. The van der Waals surface area contributed by atoms with Gasteiger partial charge < -0.3 is 19.5 Å². The van der Waals surface area contributed by atoms with Gasteiger partial charge in [-0.25, -0.2) is 4.39 Å². The molecule has 3 aromatic carbocycles. The maximum atomic E-state index is 14.2. The van der Waals surface area contributed by atoms with Gasteiger partial charge >= 0.3 is 0 Å². The number of Topliss-reactive ketones (excluding diaryl/α,β-unsaturated/α-hetero) is 1. The number of aliphatic hydroxyl groups is 1. The summed E-state index contributed by atoms with van der Waals surface area (Å²) in [6, 6.07) is 17.2. The summed E-state index contributed by atoms with van der Waals surface area (Å²) in [4.78, 5) is 27.6. The second-order valence-corrected chi connectivity index (χ2v) is 8.35. The van der Waals surface area contributed by atoms with Crippen LogP contribution < -0.4 is 9.47 Å². The van der Waals surface area contributed by atoms with Gasteiger partial charge in [0.05, 0.1) is 25.8 Å². The number of ketones is 1. The molecule has 1 atom stereocenters. The van der Waals surface area contributed by atoms with Crippen LogP contribution in [0, 0.1) is 12.7 Å². The van der Waals surface area contributed by atoms with E-state index in [1.54, 1.807) is 49.6 Å². The van der Waals surface area contributed by atoms with Crippen LogP contribution in [-0.2, 0) is 16.0 Å². The first-order chi connectivity index (χ1) is 16.8. The zero-order valence-electron chi connectivity index (χ0n) is 19.7. The van der Waals surface area contributed by atoms with Gasteiger partial charge in [-0.3, -0.25) is 9.59 Å². The number of aryl methyl sites for hydroxylation is 1. The van der Waals surface area contributed by atoms with Crippen molar-refractivity contribution in [1.82, 2.24) is 4.90 Å². The van der Waals surface area contributed by atoms with E-state index in [4.69, 9.17) is 9.47 Å². The number of likely N-dealkylation sites (tertiary alicyclic amines) is 1. The molecule has 0 radical (unpaired) electrons. The number of aliphatic hydroxyl groups excluding tert-OH is 1. The molecule has 0 aliphatic carbocycles. The van der Waals surface area contributed by atoms with E-state index in [1.807, 2.05) is 13.0 Å². The maximum Gasteiger partial charge on any atom is 0.295 e. The normalized spacial score (nSPS) is 17.0. The third-order valence-electron chi connectivity index (χ3n) is 6.12. The predicted molar refractivity (Wildman–Crippen MR) is 130 cm³/mol. The van der Waals surface area contributed by atoms with Crippen LogP contribution in [0.1, 0.15) is 28.3 Å². The van der Waals surface area contributed by atoms with Crippen molar-refractivity contribution in [1.29, 1.82) is 0 Å². The number of carbonyl (C=O) groups excluding carboxylic acids is 2. The molecule has 35 heavy (non-hydrogen) atoms. The number of halogens is 1. The van der Waals surface area contributed by atoms with Crippen molar-refractivity contribution in [2.24, 2.45) is 0 Å². The lowest BCUT2D eigenvalue weighted by molar-refractivity contribution is -0.139. The molecule has 180 valence electrons. The first-order valence-electron chi connectivity index (χ1n) is 11.2. The zero-order valence-corrected chi connectivity index (χ0v) is 19.7. The van der Waals surface area contributed by atoms with Gasteiger partial charge in [0.15, 0.2) is 11.5 Å². The lowest BCUT2D eigenvalue weighted by Crippen LogP contribution is -2.31. The number of nitrogens with zero attached hydrogens (tertiary/aromatic N) is 1. The summed E-state index contributed by atoms with van der Waals surface area (Å²) in [7, 11) is 3.08. The predicted octanol–water partition coefficient (Wildman–Crippen LogP) is 4.82. The highest BCUT2D eigenvalue weighted by molar-refractivity contribution is 6.46. The molecule has 7 heteroatoms. The molecule has 0 bridgehead atoms. The minimum absolute atomic E-state index is 0.0586. The van der Waals surface area contributed by atoms with Crippen molar-refractivity contribution in [2.45, 2.75) is 19.4 Å². The monoisotopic (exact) mass is 475 g/mol. The number of hydrogen-bond acceptors (Lipinski definition) is 5. The highest BCUT2D eigenvalue weighted by Crippen LogP contribution is 2.40. The molecule has 0 saturated carbocycles. The van der Waals surface area contributed by atoms with E-state index in [1.165, 1.54) is 30.2 Å². The Kier molecular flexibility index (Phi) is 6.87. The summed E-state index contributed by atoms with van der Waals surface area (Å²) in [5, 5.41) is 11.1. The Hall–Kier alpha value is -4.13. The van der Waals surface area contributed by atoms with Gasteiger partial charge in [0, 0.05) is 12.1 Å². The molecule has 1 heterocycles. The minimum atomic E-state index is -0.924. The van der Waals surface area contributed by atoms with Crippen molar-refractivity contribution in [2.75, 3.05) is 20.8 Å². The number of benzene rings is 3. The molecule has 6 nitrogen and oxygen atoms in total. The molecule has 1 saturated heterocycles. The molecule has 1 N–H and O–H groups in total. The van der Waals surface area contributed by atoms with Gasteiger partial charge in [-0.1, -0.05) is 48.0 Å². The highest BCUT2D eigenvalue weighted by atomic mass is 19.1. The Balaban J connectivity index is 1.74. The molecule has 1 aliphatic rings. The summed E-state index contributed by atoms with van der Waals surface area (Å²) < 4.78 is 24.8. The molecule has 0 unspecified atom stereocenters. The molecular formula is C28H26FNO5. The molecular weight excluding hydrogens is 449 g/mol. The highest BCUT2D eigenvalue weighted by Gasteiger charge is 2.45. The van der Waals surface area contributed by atoms with E-state index in [0.717, 1.165) is 11.1 Å². The van der Waals surface area contributed by atoms with Gasteiger partial charge in [0.2, 0.25) is 0 Å². The van der Waals surface area contributed by atoms with Crippen LogP contribution >= 0.6 is 0 Å². The minimum Gasteiger partial charge on any atom is -0.507 e. The fraction of sp³-hybridized carbons (Fsp3) is 0.214. The Bertz CT molecular complexity index is 1300. The van der Waals surface area contributed by atoms with Crippen LogP contribution in [0.5, 0.6) is 11.5 Å². The standard InChI is InChI=1S/C28H26FNO5/c1-17-7-10-19(11-8-17)26(31)24-25(20-5-4-6-21(29)16-20)30(28(33)27(24)32)14-13-18-9-12-22(34-2)23(15-18)35-3/h4-12,15-16,25,31H,13-14H2,1-3H3/t25-/m1/s1. The average molecular weight is 476 g/mol. The van der Waals surface area contributed by atoms with Crippen molar-refractivity contribution < 1.29 is 28.6 Å². The van der Waals surface area contributed by atoms with Gasteiger partial charge in [-0.15, -0.1) is 0 Å². The number of carbonyl (C=O) groups is 2.